The first-order valence-corrected chi connectivity index (χ1v) is 10.9. The molecule has 0 radical (unpaired) electrons. The zero-order valence-electron chi connectivity index (χ0n) is 17.6. The largest absolute Gasteiger partial charge is 0.351 e. The Balaban J connectivity index is 1.50. The second-order valence-electron chi connectivity index (χ2n) is 7.43. The number of rotatable bonds is 6. The number of nitrogens with zero attached hydrogens (tertiary/aromatic N) is 3. The molecule has 0 atom stereocenters. The molecule has 4 aromatic rings. The van der Waals surface area contributed by atoms with Gasteiger partial charge in [-0.05, 0) is 43.5 Å². The summed E-state index contributed by atoms with van der Waals surface area (Å²) in [6, 6.07) is 13.9. The van der Waals surface area contributed by atoms with Crippen LogP contribution in [0.4, 0.5) is 0 Å². The van der Waals surface area contributed by atoms with Crippen molar-refractivity contribution >= 4 is 28.7 Å². The summed E-state index contributed by atoms with van der Waals surface area (Å²) < 4.78 is 1.68. The summed E-state index contributed by atoms with van der Waals surface area (Å²) in [6.45, 7) is 6.53. The number of aromatic amines is 1. The summed E-state index contributed by atoms with van der Waals surface area (Å²) >= 11 is 1.19. The fourth-order valence-electron chi connectivity index (χ4n) is 3.20. The molecule has 158 valence electrons. The lowest BCUT2D eigenvalue weighted by molar-refractivity contribution is -0.118. The van der Waals surface area contributed by atoms with E-state index in [4.69, 9.17) is 0 Å². The first-order chi connectivity index (χ1) is 14.9. The van der Waals surface area contributed by atoms with Gasteiger partial charge >= 0.3 is 0 Å². The van der Waals surface area contributed by atoms with Crippen LogP contribution in [0.5, 0.6) is 0 Å². The molecule has 0 aliphatic carbocycles. The number of fused-ring (bicyclic) bond motifs is 1. The molecule has 1 amide bonds. The maximum absolute atomic E-state index is 12.5. The normalized spacial score (nSPS) is 11.1. The molecule has 31 heavy (non-hydrogen) atoms. The number of aryl methyl sites for hydroxylation is 2. The van der Waals surface area contributed by atoms with Crippen molar-refractivity contribution < 1.29 is 4.79 Å². The van der Waals surface area contributed by atoms with Gasteiger partial charge in [0.1, 0.15) is 5.39 Å². The molecule has 7 nitrogen and oxygen atoms in total. The lowest BCUT2D eigenvalue weighted by Gasteiger charge is -2.09. The molecule has 2 aromatic carbocycles. The highest BCUT2D eigenvalue weighted by atomic mass is 32.2. The minimum absolute atomic E-state index is 0.128. The van der Waals surface area contributed by atoms with Crippen molar-refractivity contribution in [3.8, 4) is 5.69 Å². The van der Waals surface area contributed by atoms with Crippen molar-refractivity contribution in [3.63, 3.8) is 0 Å². The molecule has 0 unspecified atom stereocenters. The number of aromatic nitrogens is 4. The Kier molecular flexibility index (Phi) is 5.90. The zero-order valence-corrected chi connectivity index (χ0v) is 18.4. The average Bonchev–Trinajstić information content (AvgIpc) is 3.18. The third-order valence-corrected chi connectivity index (χ3v) is 6.04. The van der Waals surface area contributed by atoms with Crippen LogP contribution in [0.1, 0.15) is 22.3 Å². The molecule has 0 aliphatic heterocycles. The summed E-state index contributed by atoms with van der Waals surface area (Å²) in [5.41, 5.74) is 5.49. The predicted molar refractivity (Wildman–Crippen MR) is 123 cm³/mol. The molecule has 0 saturated heterocycles. The van der Waals surface area contributed by atoms with Gasteiger partial charge in [-0.1, -0.05) is 53.7 Å². The maximum Gasteiger partial charge on any atom is 0.262 e. The van der Waals surface area contributed by atoms with Crippen LogP contribution in [0.15, 0.2) is 58.6 Å². The fourth-order valence-corrected chi connectivity index (χ4v) is 3.89. The van der Waals surface area contributed by atoms with Crippen LogP contribution in [-0.4, -0.2) is 31.4 Å². The molecular weight excluding hydrogens is 410 g/mol. The van der Waals surface area contributed by atoms with E-state index in [0.717, 1.165) is 22.4 Å². The van der Waals surface area contributed by atoms with Crippen molar-refractivity contribution in [2.24, 2.45) is 0 Å². The van der Waals surface area contributed by atoms with Crippen LogP contribution in [-0.2, 0) is 11.3 Å². The Bertz CT molecular complexity index is 1310. The monoisotopic (exact) mass is 433 g/mol. The van der Waals surface area contributed by atoms with Crippen molar-refractivity contribution in [1.29, 1.82) is 0 Å². The van der Waals surface area contributed by atoms with Crippen LogP contribution >= 0.6 is 11.8 Å². The fraction of sp³-hybridized carbons (Fsp3) is 0.217. The first kappa shape index (κ1) is 20.9. The lowest BCUT2D eigenvalue weighted by Crippen LogP contribution is -2.24. The van der Waals surface area contributed by atoms with Gasteiger partial charge in [0.2, 0.25) is 5.91 Å². The Morgan fingerprint density at radius 1 is 1.13 bits per heavy atom. The van der Waals surface area contributed by atoms with Crippen molar-refractivity contribution in [2.75, 3.05) is 5.75 Å². The van der Waals surface area contributed by atoms with Gasteiger partial charge in [0.05, 0.1) is 17.6 Å². The number of H-pyrrole nitrogens is 1. The van der Waals surface area contributed by atoms with E-state index in [1.165, 1.54) is 23.5 Å². The summed E-state index contributed by atoms with van der Waals surface area (Å²) in [5, 5.41) is 8.06. The van der Waals surface area contributed by atoms with Gasteiger partial charge < -0.3 is 10.3 Å². The van der Waals surface area contributed by atoms with Crippen molar-refractivity contribution in [2.45, 2.75) is 32.5 Å². The minimum atomic E-state index is -0.274. The summed E-state index contributed by atoms with van der Waals surface area (Å²) in [6.07, 6.45) is 1.52. The number of nitrogens with one attached hydrogen (secondary N) is 2. The van der Waals surface area contributed by atoms with E-state index in [0.29, 0.717) is 22.7 Å². The second-order valence-corrected chi connectivity index (χ2v) is 8.40. The predicted octanol–water partition coefficient (Wildman–Crippen LogP) is 3.44. The van der Waals surface area contributed by atoms with Gasteiger partial charge in [-0.2, -0.15) is 5.10 Å². The number of carbonyl (C=O) groups excluding carboxylic acids is 1. The third kappa shape index (κ3) is 4.54. The molecule has 0 aliphatic rings. The van der Waals surface area contributed by atoms with E-state index in [1.54, 1.807) is 4.68 Å². The number of amides is 1. The molecule has 0 saturated carbocycles. The molecule has 8 heteroatoms. The van der Waals surface area contributed by atoms with Gasteiger partial charge in [-0.3, -0.25) is 9.59 Å². The van der Waals surface area contributed by atoms with E-state index in [9.17, 15) is 9.59 Å². The summed E-state index contributed by atoms with van der Waals surface area (Å²) in [7, 11) is 0. The van der Waals surface area contributed by atoms with Gasteiger partial charge in [0, 0.05) is 6.54 Å². The van der Waals surface area contributed by atoms with Gasteiger partial charge in [-0.25, -0.2) is 9.67 Å². The topological polar surface area (TPSA) is 92.7 Å². The number of thioether (sulfide) groups is 1. The van der Waals surface area contributed by atoms with Gasteiger partial charge in [0.15, 0.2) is 10.8 Å². The highest BCUT2D eigenvalue weighted by molar-refractivity contribution is 7.99. The quantitative estimate of drug-likeness (QED) is 0.359. The van der Waals surface area contributed by atoms with Crippen LogP contribution in [0.25, 0.3) is 16.7 Å². The lowest BCUT2D eigenvalue weighted by atomic mass is 10.1. The molecule has 2 aromatic heterocycles. The zero-order chi connectivity index (χ0) is 22.0. The number of hydrogen-bond acceptors (Lipinski definition) is 5. The van der Waals surface area contributed by atoms with Crippen LogP contribution < -0.4 is 10.9 Å². The number of hydrogen-bond donors (Lipinski definition) is 2. The SMILES string of the molecule is Cc1ccc(CNC(=O)CSc2nc3c(cnn3-c3cccc(C)c3C)c(=O)[nH]2)cc1. The molecule has 4 rings (SSSR count). The van der Waals surface area contributed by atoms with E-state index < -0.39 is 0 Å². The van der Waals surface area contributed by atoms with Crippen molar-refractivity contribution in [3.05, 3.63) is 81.3 Å². The van der Waals surface area contributed by atoms with E-state index >= 15 is 0 Å². The molecular formula is C23H23N5O2S. The smallest absolute Gasteiger partial charge is 0.262 e. The Morgan fingerprint density at radius 2 is 1.90 bits per heavy atom. The summed E-state index contributed by atoms with van der Waals surface area (Å²) in [5.74, 6) is 0.0223. The van der Waals surface area contributed by atoms with Crippen molar-refractivity contribution in [1.82, 2.24) is 25.1 Å². The van der Waals surface area contributed by atoms with E-state index in [1.807, 2.05) is 63.2 Å². The van der Waals surface area contributed by atoms with Gasteiger partial charge in [-0.15, -0.1) is 0 Å². The second kappa shape index (κ2) is 8.77. The van der Waals surface area contributed by atoms with E-state index in [2.05, 4.69) is 20.4 Å². The van der Waals surface area contributed by atoms with E-state index in [-0.39, 0.29) is 17.2 Å². The van der Waals surface area contributed by atoms with Crippen LogP contribution in [0, 0.1) is 20.8 Å². The standard InChI is InChI=1S/C23H23N5O2S/c1-14-7-9-17(10-8-14)11-24-20(29)13-31-23-26-21-18(22(30)27-23)12-25-28(21)19-6-4-5-15(2)16(19)3/h4-10,12H,11,13H2,1-3H3,(H,24,29)(H,26,27,30). The molecule has 0 bridgehead atoms. The third-order valence-electron chi connectivity index (χ3n) is 5.17. The highest BCUT2D eigenvalue weighted by Gasteiger charge is 2.14. The Morgan fingerprint density at radius 3 is 2.68 bits per heavy atom. The van der Waals surface area contributed by atoms with Gasteiger partial charge in [0.25, 0.3) is 5.56 Å². The summed E-state index contributed by atoms with van der Waals surface area (Å²) in [4.78, 5) is 32.1. The highest BCUT2D eigenvalue weighted by Crippen LogP contribution is 2.21. The number of benzene rings is 2. The van der Waals surface area contributed by atoms with Crippen LogP contribution in [0.2, 0.25) is 0 Å². The molecule has 2 N–H and O–H groups in total. The maximum atomic E-state index is 12.5. The Hall–Kier alpha value is -3.39. The average molecular weight is 434 g/mol. The Labute approximate surface area is 183 Å². The molecule has 0 fully saturated rings. The minimum Gasteiger partial charge on any atom is -0.351 e. The number of carbonyl (C=O) groups is 1. The first-order valence-electron chi connectivity index (χ1n) is 9.92. The van der Waals surface area contributed by atoms with Crippen LogP contribution in [0.3, 0.4) is 0 Å². The molecule has 2 heterocycles. The molecule has 0 spiro atoms.